The van der Waals surface area contributed by atoms with Crippen LogP contribution in [0.25, 0.3) is 0 Å². The van der Waals surface area contributed by atoms with Crippen LogP contribution in [0.1, 0.15) is 29.9 Å². The zero-order valence-electron chi connectivity index (χ0n) is 12.5. The number of rotatable bonds is 4. The number of hydrogen-bond acceptors (Lipinski definition) is 3. The Balaban J connectivity index is 2.23. The molecule has 0 radical (unpaired) electrons. The summed E-state index contributed by atoms with van der Waals surface area (Å²) in [5.41, 5.74) is 3.86. The lowest BCUT2D eigenvalue weighted by Gasteiger charge is -2.16. The molecular formula is C15H20FN3O. The molecule has 1 aromatic carbocycles. The first-order valence-electron chi connectivity index (χ1n) is 6.54. The van der Waals surface area contributed by atoms with Gasteiger partial charge in [-0.25, -0.2) is 4.39 Å². The van der Waals surface area contributed by atoms with Gasteiger partial charge in [-0.1, -0.05) is 6.07 Å². The number of methoxy groups -OCH3 is 1. The van der Waals surface area contributed by atoms with Gasteiger partial charge in [0.2, 0.25) is 0 Å². The molecule has 0 amide bonds. The first-order chi connectivity index (χ1) is 9.43. The van der Waals surface area contributed by atoms with Gasteiger partial charge in [-0.15, -0.1) is 0 Å². The standard InChI is InChI=1S/C15H20FN3O/c1-9(12-6-7-14(20-5)13(16)8-12)17-15-10(2)18-19(4)11(15)3/h6-9,17H,1-5H3. The second-order valence-electron chi connectivity index (χ2n) is 4.93. The number of halogens is 1. The van der Waals surface area contributed by atoms with Crippen molar-refractivity contribution in [3.05, 3.63) is 41.0 Å². The molecule has 0 aliphatic carbocycles. The summed E-state index contributed by atoms with van der Waals surface area (Å²) in [6.07, 6.45) is 0. The molecule has 1 heterocycles. The third-order valence-corrected chi connectivity index (χ3v) is 3.55. The van der Waals surface area contributed by atoms with E-state index in [0.717, 1.165) is 22.6 Å². The summed E-state index contributed by atoms with van der Waals surface area (Å²) in [5, 5.41) is 7.75. The molecule has 1 aromatic heterocycles. The predicted octanol–water partition coefficient (Wildman–Crippen LogP) is 3.36. The van der Waals surface area contributed by atoms with E-state index in [1.165, 1.54) is 13.2 Å². The quantitative estimate of drug-likeness (QED) is 0.931. The molecule has 0 aliphatic rings. The minimum Gasteiger partial charge on any atom is -0.494 e. The van der Waals surface area contributed by atoms with Crippen LogP contribution in [0, 0.1) is 19.7 Å². The molecule has 108 valence electrons. The maximum atomic E-state index is 13.7. The summed E-state index contributed by atoms with van der Waals surface area (Å²) in [4.78, 5) is 0. The number of ether oxygens (including phenoxy) is 1. The van der Waals surface area contributed by atoms with Crippen LogP contribution in [-0.4, -0.2) is 16.9 Å². The maximum Gasteiger partial charge on any atom is 0.165 e. The molecule has 2 aromatic rings. The fraction of sp³-hybridized carbons (Fsp3) is 0.400. The second kappa shape index (κ2) is 5.53. The molecule has 0 spiro atoms. The maximum absolute atomic E-state index is 13.7. The van der Waals surface area contributed by atoms with Gasteiger partial charge in [0.25, 0.3) is 0 Å². The van der Waals surface area contributed by atoms with Crippen molar-refractivity contribution in [2.24, 2.45) is 7.05 Å². The van der Waals surface area contributed by atoms with Crippen LogP contribution >= 0.6 is 0 Å². The highest BCUT2D eigenvalue weighted by molar-refractivity contribution is 5.53. The highest BCUT2D eigenvalue weighted by Crippen LogP contribution is 2.27. The van der Waals surface area contributed by atoms with E-state index in [4.69, 9.17) is 4.74 Å². The number of nitrogens with one attached hydrogen (secondary N) is 1. The summed E-state index contributed by atoms with van der Waals surface area (Å²) < 4.78 is 20.5. The molecule has 0 saturated carbocycles. The summed E-state index contributed by atoms with van der Waals surface area (Å²) in [6, 6.07) is 4.99. The topological polar surface area (TPSA) is 39.1 Å². The van der Waals surface area contributed by atoms with Crippen LogP contribution in [0.5, 0.6) is 5.75 Å². The van der Waals surface area contributed by atoms with Crippen molar-refractivity contribution < 1.29 is 9.13 Å². The minimum absolute atomic E-state index is 0.0167. The van der Waals surface area contributed by atoms with E-state index in [1.807, 2.05) is 38.6 Å². The second-order valence-corrected chi connectivity index (χ2v) is 4.93. The fourth-order valence-corrected chi connectivity index (χ4v) is 2.23. The van der Waals surface area contributed by atoms with E-state index in [9.17, 15) is 4.39 Å². The lowest BCUT2D eigenvalue weighted by molar-refractivity contribution is 0.386. The van der Waals surface area contributed by atoms with Gasteiger partial charge in [-0.3, -0.25) is 4.68 Å². The van der Waals surface area contributed by atoms with Gasteiger partial charge in [0.1, 0.15) is 0 Å². The molecule has 0 aliphatic heterocycles. The Bertz CT molecular complexity index is 622. The number of aryl methyl sites for hydroxylation is 2. The fourth-order valence-electron chi connectivity index (χ4n) is 2.23. The summed E-state index contributed by atoms with van der Waals surface area (Å²) in [5.74, 6) is -0.0898. The number of aromatic nitrogens is 2. The van der Waals surface area contributed by atoms with Crippen LogP contribution in [0.4, 0.5) is 10.1 Å². The van der Waals surface area contributed by atoms with Crippen molar-refractivity contribution in [1.82, 2.24) is 9.78 Å². The van der Waals surface area contributed by atoms with Crippen molar-refractivity contribution in [3.8, 4) is 5.75 Å². The van der Waals surface area contributed by atoms with Crippen LogP contribution in [-0.2, 0) is 7.05 Å². The molecular weight excluding hydrogens is 257 g/mol. The molecule has 1 unspecified atom stereocenters. The largest absolute Gasteiger partial charge is 0.494 e. The Hall–Kier alpha value is -2.04. The van der Waals surface area contributed by atoms with Gasteiger partial charge < -0.3 is 10.1 Å². The van der Waals surface area contributed by atoms with Crippen molar-refractivity contribution >= 4 is 5.69 Å². The molecule has 4 nitrogen and oxygen atoms in total. The van der Waals surface area contributed by atoms with E-state index in [0.29, 0.717) is 0 Å². The smallest absolute Gasteiger partial charge is 0.165 e. The van der Waals surface area contributed by atoms with E-state index in [2.05, 4.69) is 10.4 Å². The van der Waals surface area contributed by atoms with Gasteiger partial charge in [0, 0.05) is 13.1 Å². The lowest BCUT2D eigenvalue weighted by atomic mass is 10.1. The molecule has 0 fully saturated rings. The van der Waals surface area contributed by atoms with Crippen molar-refractivity contribution in [3.63, 3.8) is 0 Å². The normalized spacial score (nSPS) is 12.3. The summed E-state index contributed by atoms with van der Waals surface area (Å²) >= 11 is 0. The van der Waals surface area contributed by atoms with E-state index < -0.39 is 0 Å². The highest BCUT2D eigenvalue weighted by atomic mass is 19.1. The number of anilines is 1. The highest BCUT2D eigenvalue weighted by Gasteiger charge is 2.14. The average Bonchev–Trinajstić information content (AvgIpc) is 2.65. The van der Waals surface area contributed by atoms with Crippen LogP contribution in [0.2, 0.25) is 0 Å². The van der Waals surface area contributed by atoms with Crippen LogP contribution in [0.3, 0.4) is 0 Å². The number of hydrogen-bond donors (Lipinski definition) is 1. The molecule has 0 saturated heterocycles. The Morgan fingerprint density at radius 1 is 1.35 bits per heavy atom. The Kier molecular flexibility index (Phi) is 3.97. The first kappa shape index (κ1) is 14.4. The molecule has 20 heavy (non-hydrogen) atoms. The molecule has 1 atom stereocenters. The average molecular weight is 277 g/mol. The summed E-state index contributed by atoms with van der Waals surface area (Å²) in [6.45, 7) is 5.95. The van der Waals surface area contributed by atoms with Gasteiger partial charge >= 0.3 is 0 Å². The van der Waals surface area contributed by atoms with Gasteiger partial charge in [-0.2, -0.15) is 5.10 Å². The van der Waals surface area contributed by atoms with E-state index >= 15 is 0 Å². The molecule has 2 rings (SSSR count). The van der Waals surface area contributed by atoms with Gasteiger partial charge in [0.05, 0.1) is 24.2 Å². The monoisotopic (exact) mass is 277 g/mol. The van der Waals surface area contributed by atoms with Crippen molar-refractivity contribution in [2.45, 2.75) is 26.8 Å². The Morgan fingerprint density at radius 3 is 2.55 bits per heavy atom. The zero-order chi connectivity index (χ0) is 14.9. The van der Waals surface area contributed by atoms with Crippen molar-refractivity contribution in [1.29, 1.82) is 0 Å². The van der Waals surface area contributed by atoms with Crippen LogP contribution in [0.15, 0.2) is 18.2 Å². The van der Waals surface area contributed by atoms with Crippen LogP contribution < -0.4 is 10.1 Å². The number of nitrogens with zero attached hydrogens (tertiary/aromatic N) is 2. The lowest BCUT2D eigenvalue weighted by Crippen LogP contribution is -2.08. The van der Waals surface area contributed by atoms with E-state index in [1.54, 1.807) is 6.07 Å². The molecule has 0 bridgehead atoms. The summed E-state index contributed by atoms with van der Waals surface area (Å²) in [7, 11) is 3.37. The first-order valence-corrected chi connectivity index (χ1v) is 6.54. The van der Waals surface area contributed by atoms with Gasteiger partial charge in [0.15, 0.2) is 11.6 Å². The third kappa shape index (κ3) is 2.61. The Labute approximate surface area is 118 Å². The minimum atomic E-state index is -0.349. The van der Waals surface area contributed by atoms with Crippen molar-refractivity contribution in [2.75, 3.05) is 12.4 Å². The predicted molar refractivity (Wildman–Crippen MR) is 77.7 cm³/mol. The third-order valence-electron chi connectivity index (χ3n) is 3.55. The SMILES string of the molecule is COc1ccc(C(C)Nc2c(C)nn(C)c2C)cc1F. The van der Waals surface area contributed by atoms with Gasteiger partial charge in [-0.05, 0) is 38.5 Å². The zero-order valence-corrected chi connectivity index (χ0v) is 12.5. The molecule has 5 heteroatoms. The van der Waals surface area contributed by atoms with E-state index in [-0.39, 0.29) is 17.6 Å². The Morgan fingerprint density at radius 2 is 2.05 bits per heavy atom. The number of benzene rings is 1. The molecule has 1 N–H and O–H groups in total.